The Kier molecular flexibility index (Phi) is 3.00. The van der Waals surface area contributed by atoms with Gasteiger partial charge >= 0.3 is 0 Å². The summed E-state index contributed by atoms with van der Waals surface area (Å²) in [5.41, 5.74) is 0.758. The number of allylic oxidation sites excluding steroid dienone is 3. The molecule has 0 saturated heterocycles. The first-order chi connectivity index (χ1) is 7.87. The van der Waals surface area contributed by atoms with Gasteiger partial charge in [0.1, 0.15) is 5.60 Å². The number of aliphatic hydroxyl groups is 2. The van der Waals surface area contributed by atoms with Crippen molar-refractivity contribution in [1.29, 1.82) is 0 Å². The molecule has 2 aliphatic carbocycles. The molecule has 0 spiro atoms. The zero-order valence-electron chi connectivity index (χ0n) is 10.5. The smallest absolute Gasteiger partial charge is 0.156 e. The summed E-state index contributed by atoms with van der Waals surface area (Å²) in [6.07, 6.45) is 6.86. The van der Waals surface area contributed by atoms with Crippen molar-refractivity contribution < 1.29 is 15.0 Å². The van der Waals surface area contributed by atoms with Crippen molar-refractivity contribution in [3.05, 3.63) is 23.3 Å². The van der Waals surface area contributed by atoms with E-state index in [2.05, 4.69) is 6.92 Å². The van der Waals surface area contributed by atoms with Crippen LogP contribution in [0.3, 0.4) is 0 Å². The van der Waals surface area contributed by atoms with Crippen LogP contribution in [0.5, 0.6) is 0 Å². The average molecular weight is 236 g/mol. The fourth-order valence-electron chi connectivity index (χ4n) is 2.65. The van der Waals surface area contributed by atoms with Gasteiger partial charge < -0.3 is 10.2 Å². The highest BCUT2D eigenvalue weighted by atomic mass is 16.3. The van der Waals surface area contributed by atoms with Crippen molar-refractivity contribution in [2.24, 2.45) is 5.41 Å². The summed E-state index contributed by atoms with van der Waals surface area (Å²) < 4.78 is 0. The first kappa shape index (κ1) is 12.5. The Morgan fingerprint density at radius 3 is 2.65 bits per heavy atom. The summed E-state index contributed by atoms with van der Waals surface area (Å²) in [6, 6.07) is 0. The van der Waals surface area contributed by atoms with Crippen LogP contribution in [0.15, 0.2) is 23.3 Å². The van der Waals surface area contributed by atoms with Gasteiger partial charge in [-0.2, -0.15) is 0 Å². The second kappa shape index (κ2) is 4.07. The predicted molar refractivity (Wildman–Crippen MR) is 65.5 cm³/mol. The maximum Gasteiger partial charge on any atom is 0.156 e. The summed E-state index contributed by atoms with van der Waals surface area (Å²) in [6.45, 7) is 3.51. The van der Waals surface area contributed by atoms with E-state index in [0.29, 0.717) is 6.42 Å². The van der Waals surface area contributed by atoms with Crippen molar-refractivity contribution in [2.45, 2.75) is 45.1 Å². The number of ketones is 1. The fourth-order valence-corrected chi connectivity index (χ4v) is 2.65. The van der Waals surface area contributed by atoms with Gasteiger partial charge in [0, 0.05) is 6.42 Å². The van der Waals surface area contributed by atoms with Gasteiger partial charge in [-0.15, -0.1) is 0 Å². The highest BCUT2D eigenvalue weighted by Gasteiger charge is 2.38. The lowest BCUT2D eigenvalue weighted by Crippen LogP contribution is -2.36. The Balaban J connectivity index is 2.37. The first-order valence-corrected chi connectivity index (χ1v) is 6.17. The topological polar surface area (TPSA) is 57.5 Å². The van der Waals surface area contributed by atoms with E-state index in [1.54, 1.807) is 13.0 Å². The summed E-state index contributed by atoms with van der Waals surface area (Å²) in [4.78, 5) is 11.5. The van der Waals surface area contributed by atoms with Crippen LogP contribution in [0.2, 0.25) is 0 Å². The Hall–Kier alpha value is -0.930. The SMILES string of the molecule is C[C@]12CCC(=O)C=C1C=C([C@](C)(O)CO)CC2. The van der Waals surface area contributed by atoms with E-state index in [-0.39, 0.29) is 17.8 Å². The molecule has 0 unspecified atom stereocenters. The van der Waals surface area contributed by atoms with E-state index in [1.165, 1.54) is 0 Å². The molecule has 3 nitrogen and oxygen atoms in total. The Morgan fingerprint density at radius 2 is 2.00 bits per heavy atom. The maximum absolute atomic E-state index is 11.5. The minimum Gasteiger partial charge on any atom is -0.393 e. The molecule has 0 amide bonds. The van der Waals surface area contributed by atoms with Crippen LogP contribution in [-0.4, -0.2) is 28.2 Å². The minimum atomic E-state index is -1.16. The number of rotatable bonds is 2. The van der Waals surface area contributed by atoms with Crippen LogP contribution >= 0.6 is 0 Å². The third-order valence-corrected chi connectivity index (χ3v) is 4.21. The Labute approximate surface area is 102 Å². The lowest BCUT2D eigenvalue weighted by Gasteiger charge is -2.40. The highest BCUT2D eigenvalue weighted by molar-refractivity contribution is 5.92. The van der Waals surface area contributed by atoms with E-state index in [1.807, 2.05) is 6.08 Å². The van der Waals surface area contributed by atoms with Gasteiger partial charge in [-0.1, -0.05) is 13.0 Å². The molecule has 0 heterocycles. The molecule has 0 aromatic carbocycles. The van der Waals surface area contributed by atoms with E-state index in [9.17, 15) is 15.0 Å². The molecule has 0 bridgehead atoms. The Morgan fingerprint density at radius 1 is 1.35 bits per heavy atom. The van der Waals surface area contributed by atoms with Gasteiger partial charge in [0.25, 0.3) is 0 Å². The normalized spacial score (nSPS) is 32.4. The zero-order chi connectivity index (χ0) is 12.7. The van der Waals surface area contributed by atoms with E-state index >= 15 is 0 Å². The second-order valence-electron chi connectivity index (χ2n) is 5.73. The monoisotopic (exact) mass is 236 g/mol. The van der Waals surface area contributed by atoms with E-state index < -0.39 is 5.60 Å². The second-order valence-corrected chi connectivity index (χ2v) is 5.73. The lowest BCUT2D eigenvalue weighted by molar-refractivity contribution is -0.115. The molecule has 0 aliphatic heterocycles. The highest BCUT2D eigenvalue weighted by Crippen LogP contribution is 2.46. The molecule has 2 N–H and O–H groups in total. The third kappa shape index (κ3) is 2.22. The summed E-state index contributed by atoms with van der Waals surface area (Å²) >= 11 is 0. The molecule has 0 aromatic rings. The number of hydrogen-bond donors (Lipinski definition) is 2. The molecule has 0 radical (unpaired) electrons. The van der Waals surface area contributed by atoms with Gasteiger partial charge in [-0.05, 0) is 48.8 Å². The van der Waals surface area contributed by atoms with Crippen molar-refractivity contribution >= 4 is 5.78 Å². The van der Waals surface area contributed by atoms with Gasteiger partial charge in [-0.25, -0.2) is 0 Å². The van der Waals surface area contributed by atoms with Gasteiger partial charge in [0.05, 0.1) is 6.61 Å². The maximum atomic E-state index is 11.5. The number of carbonyl (C=O) groups is 1. The van der Waals surface area contributed by atoms with Crippen LogP contribution in [-0.2, 0) is 4.79 Å². The van der Waals surface area contributed by atoms with Crippen LogP contribution in [0.1, 0.15) is 39.5 Å². The molecule has 3 heteroatoms. The standard InChI is InChI=1S/C14H20O3/c1-13-5-3-10(14(2,17)9-15)7-11(13)8-12(16)4-6-13/h7-8,15,17H,3-6,9H2,1-2H3/t13-,14+/m0/s1. The molecule has 2 atom stereocenters. The number of fused-ring (bicyclic) bond motifs is 1. The van der Waals surface area contributed by atoms with Crippen molar-refractivity contribution in [1.82, 2.24) is 0 Å². The van der Waals surface area contributed by atoms with Gasteiger partial charge in [0.15, 0.2) is 5.78 Å². The zero-order valence-corrected chi connectivity index (χ0v) is 10.5. The van der Waals surface area contributed by atoms with E-state index in [0.717, 1.165) is 30.4 Å². The summed E-state index contributed by atoms with van der Waals surface area (Å²) in [7, 11) is 0. The number of hydrogen-bond acceptors (Lipinski definition) is 3. The summed E-state index contributed by atoms with van der Waals surface area (Å²) in [5.74, 6) is 0.165. The predicted octanol–water partition coefficient (Wildman–Crippen LogP) is 1.75. The number of aliphatic hydroxyl groups excluding tert-OH is 1. The van der Waals surface area contributed by atoms with Crippen LogP contribution in [0.25, 0.3) is 0 Å². The molecule has 2 rings (SSSR count). The molecular weight excluding hydrogens is 216 g/mol. The molecule has 2 aliphatic rings. The van der Waals surface area contributed by atoms with Crippen molar-refractivity contribution in [3.63, 3.8) is 0 Å². The largest absolute Gasteiger partial charge is 0.393 e. The Bertz CT molecular complexity index is 404. The van der Waals surface area contributed by atoms with Crippen molar-refractivity contribution in [2.75, 3.05) is 6.61 Å². The van der Waals surface area contributed by atoms with Gasteiger partial charge in [0.2, 0.25) is 0 Å². The molecule has 0 fully saturated rings. The molecular formula is C14H20O3. The quantitative estimate of drug-likeness (QED) is 0.768. The molecule has 0 saturated carbocycles. The lowest BCUT2D eigenvalue weighted by atomic mass is 9.65. The molecule has 94 valence electrons. The third-order valence-electron chi connectivity index (χ3n) is 4.21. The average Bonchev–Trinajstić information content (AvgIpc) is 2.29. The van der Waals surface area contributed by atoms with E-state index in [4.69, 9.17) is 0 Å². The first-order valence-electron chi connectivity index (χ1n) is 6.17. The molecule has 0 aromatic heterocycles. The fraction of sp³-hybridized carbons (Fsp3) is 0.643. The number of carbonyl (C=O) groups excluding carboxylic acids is 1. The van der Waals surface area contributed by atoms with Crippen molar-refractivity contribution in [3.8, 4) is 0 Å². The van der Waals surface area contributed by atoms with Gasteiger partial charge in [-0.3, -0.25) is 4.79 Å². The van der Waals surface area contributed by atoms with Crippen LogP contribution < -0.4 is 0 Å². The van der Waals surface area contributed by atoms with Crippen LogP contribution in [0, 0.1) is 5.41 Å². The summed E-state index contributed by atoms with van der Waals surface area (Å²) in [5, 5.41) is 19.2. The van der Waals surface area contributed by atoms with Crippen LogP contribution in [0.4, 0.5) is 0 Å². The molecule has 17 heavy (non-hydrogen) atoms. The minimum absolute atomic E-state index is 0.0724.